The monoisotopic (exact) mass is 357 g/mol. The van der Waals surface area contributed by atoms with Gasteiger partial charge in [0.15, 0.2) is 5.17 Å². The van der Waals surface area contributed by atoms with Crippen molar-refractivity contribution in [2.45, 2.75) is 32.4 Å². The predicted octanol–water partition coefficient (Wildman–Crippen LogP) is 2.51. The number of nitriles is 1. The number of amidine groups is 1. The number of para-hydroxylation sites is 1. The number of thioether (sulfide) groups is 1. The fourth-order valence-corrected chi connectivity index (χ4v) is 2.80. The molecule has 1 saturated heterocycles. The number of carbonyl (C=O) groups excluding carboxylic acids is 2. The molecule has 2 amide bonds. The van der Waals surface area contributed by atoms with Gasteiger partial charge in [-0.05, 0) is 25.0 Å². The van der Waals surface area contributed by atoms with Crippen molar-refractivity contribution in [1.29, 1.82) is 5.26 Å². The number of nitrogens with one attached hydrogen (secondary N) is 2. The molecular weight excluding hydrogens is 338 g/mol. The molecular formula is C17H19N5O2S. The van der Waals surface area contributed by atoms with Crippen molar-refractivity contribution in [2.24, 2.45) is 16.1 Å². The Morgan fingerprint density at radius 3 is 2.84 bits per heavy atom. The Morgan fingerprint density at radius 1 is 1.44 bits per heavy atom. The van der Waals surface area contributed by atoms with Crippen LogP contribution in [0.3, 0.4) is 0 Å². The van der Waals surface area contributed by atoms with Crippen molar-refractivity contribution in [2.75, 3.05) is 5.32 Å². The Kier molecular flexibility index (Phi) is 6.31. The van der Waals surface area contributed by atoms with E-state index in [9.17, 15) is 9.59 Å². The van der Waals surface area contributed by atoms with Gasteiger partial charge in [-0.1, -0.05) is 37.7 Å². The fourth-order valence-electron chi connectivity index (χ4n) is 1.89. The first-order chi connectivity index (χ1) is 11.9. The third-order valence-electron chi connectivity index (χ3n) is 3.60. The van der Waals surface area contributed by atoms with E-state index >= 15 is 0 Å². The molecule has 2 N–H and O–H groups in total. The smallest absolute Gasteiger partial charge is 0.240 e. The van der Waals surface area contributed by atoms with Gasteiger partial charge in [0.1, 0.15) is 11.3 Å². The number of amides is 2. The number of rotatable bonds is 5. The molecule has 8 heteroatoms. The van der Waals surface area contributed by atoms with E-state index in [1.807, 2.05) is 26.8 Å². The lowest BCUT2D eigenvalue weighted by molar-refractivity contribution is -0.122. The Balaban J connectivity index is 1.98. The Bertz CT molecular complexity index is 779. The molecule has 2 rings (SSSR count). The maximum Gasteiger partial charge on any atom is 0.240 e. The van der Waals surface area contributed by atoms with Crippen molar-refractivity contribution in [3.8, 4) is 6.07 Å². The lowest BCUT2D eigenvalue weighted by Gasteiger charge is -2.08. The third kappa shape index (κ3) is 5.16. The van der Waals surface area contributed by atoms with Gasteiger partial charge in [-0.2, -0.15) is 10.4 Å². The zero-order chi connectivity index (χ0) is 18.4. The number of carbonyl (C=O) groups is 2. The average Bonchev–Trinajstić information content (AvgIpc) is 2.92. The van der Waals surface area contributed by atoms with Crippen LogP contribution in [0.2, 0.25) is 0 Å². The van der Waals surface area contributed by atoms with Crippen LogP contribution in [0.1, 0.15) is 32.8 Å². The van der Waals surface area contributed by atoms with Crippen LogP contribution in [0.4, 0.5) is 5.69 Å². The molecule has 1 fully saturated rings. The average molecular weight is 357 g/mol. The summed E-state index contributed by atoms with van der Waals surface area (Å²) in [6.45, 7) is 5.88. The minimum atomic E-state index is -0.567. The number of benzene rings is 1. The highest BCUT2D eigenvalue weighted by Crippen LogP contribution is 2.23. The molecule has 1 heterocycles. The van der Waals surface area contributed by atoms with Gasteiger partial charge in [-0.3, -0.25) is 9.59 Å². The molecule has 0 aromatic heterocycles. The van der Waals surface area contributed by atoms with Crippen LogP contribution in [0.15, 0.2) is 34.5 Å². The van der Waals surface area contributed by atoms with E-state index in [0.29, 0.717) is 16.4 Å². The molecule has 0 aliphatic carbocycles. The highest BCUT2D eigenvalue weighted by atomic mass is 32.2. The lowest BCUT2D eigenvalue weighted by Crippen LogP contribution is -2.28. The van der Waals surface area contributed by atoms with Gasteiger partial charge >= 0.3 is 0 Å². The zero-order valence-corrected chi connectivity index (χ0v) is 15.1. The topological polar surface area (TPSA) is 107 Å². The van der Waals surface area contributed by atoms with Gasteiger partial charge in [0.2, 0.25) is 11.8 Å². The van der Waals surface area contributed by atoms with Gasteiger partial charge in [-0.25, -0.2) is 0 Å². The van der Waals surface area contributed by atoms with Crippen LogP contribution in [-0.2, 0) is 9.59 Å². The summed E-state index contributed by atoms with van der Waals surface area (Å²) in [5, 5.41) is 22.3. The van der Waals surface area contributed by atoms with E-state index in [1.54, 1.807) is 24.3 Å². The van der Waals surface area contributed by atoms with Gasteiger partial charge in [-0.15, -0.1) is 5.10 Å². The molecule has 7 nitrogen and oxygen atoms in total. The molecule has 0 saturated carbocycles. The van der Waals surface area contributed by atoms with Crippen molar-refractivity contribution < 1.29 is 9.59 Å². The summed E-state index contributed by atoms with van der Waals surface area (Å²) in [6.07, 6.45) is -0.0117. The lowest BCUT2D eigenvalue weighted by atomic mass is 10.1. The highest BCUT2D eigenvalue weighted by Gasteiger charge is 2.32. The van der Waals surface area contributed by atoms with Crippen LogP contribution in [0, 0.1) is 17.2 Å². The summed E-state index contributed by atoms with van der Waals surface area (Å²) in [5.41, 5.74) is 1.67. The number of nitrogens with zero attached hydrogens (tertiary/aromatic N) is 3. The Labute approximate surface area is 150 Å². The minimum absolute atomic E-state index is 0.0117. The fraction of sp³-hybridized carbons (Fsp3) is 0.353. The molecule has 0 spiro atoms. The first-order valence-corrected chi connectivity index (χ1v) is 8.67. The minimum Gasteiger partial charge on any atom is -0.325 e. The summed E-state index contributed by atoms with van der Waals surface area (Å²) in [6, 6.07) is 8.73. The second-order valence-electron chi connectivity index (χ2n) is 5.81. The SMILES string of the molecule is C/C(=N/N=C1\NC(=O)[C@H](CC(=O)Nc2ccccc2C#N)S1)C(C)C. The summed E-state index contributed by atoms with van der Waals surface area (Å²) >= 11 is 1.18. The van der Waals surface area contributed by atoms with Gasteiger partial charge < -0.3 is 10.6 Å². The van der Waals surface area contributed by atoms with E-state index in [-0.39, 0.29) is 24.2 Å². The molecule has 0 unspecified atom stereocenters. The molecule has 1 atom stereocenters. The quantitative estimate of drug-likeness (QED) is 0.623. The van der Waals surface area contributed by atoms with Gasteiger partial charge in [0, 0.05) is 12.1 Å². The number of hydrogen-bond donors (Lipinski definition) is 2. The van der Waals surface area contributed by atoms with Crippen molar-refractivity contribution in [3.05, 3.63) is 29.8 Å². The van der Waals surface area contributed by atoms with E-state index in [2.05, 4.69) is 20.8 Å². The third-order valence-corrected chi connectivity index (χ3v) is 4.68. The van der Waals surface area contributed by atoms with E-state index < -0.39 is 5.25 Å². The number of hydrogen-bond acceptors (Lipinski definition) is 6. The van der Waals surface area contributed by atoms with E-state index in [0.717, 1.165) is 5.71 Å². The molecule has 25 heavy (non-hydrogen) atoms. The molecule has 1 aromatic rings. The van der Waals surface area contributed by atoms with Gasteiger partial charge in [0.25, 0.3) is 0 Å². The molecule has 1 aromatic carbocycles. The van der Waals surface area contributed by atoms with Crippen molar-refractivity contribution in [1.82, 2.24) is 5.32 Å². The molecule has 0 radical (unpaired) electrons. The Hall–Kier alpha value is -2.66. The standard InChI is InChI=1S/C17H19N5O2S/c1-10(2)11(3)21-22-17-20-16(24)14(25-17)8-15(23)19-13-7-5-4-6-12(13)9-18/h4-7,10,14H,8H2,1-3H3,(H,19,23)(H,20,22,24)/b21-11-/t14-/m0/s1. The molecule has 0 bridgehead atoms. The van der Waals surface area contributed by atoms with Crippen LogP contribution < -0.4 is 10.6 Å². The molecule has 1 aliphatic rings. The number of anilines is 1. The second-order valence-corrected chi connectivity index (χ2v) is 7.00. The first-order valence-electron chi connectivity index (χ1n) is 7.79. The van der Waals surface area contributed by atoms with Crippen LogP contribution in [0.5, 0.6) is 0 Å². The summed E-state index contributed by atoms with van der Waals surface area (Å²) in [5.74, 6) is -0.337. The molecule has 1 aliphatic heterocycles. The first kappa shape index (κ1) is 18.7. The largest absolute Gasteiger partial charge is 0.325 e. The molecule has 130 valence electrons. The van der Waals surface area contributed by atoms with E-state index in [4.69, 9.17) is 5.26 Å². The van der Waals surface area contributed by atoms with E-state index in [1.165, 1.54) is 11.8 Å². The highest BCUT2D eigenvalue weighted by molar-refractivity contribution is 8.15. The van der Waals surface area contributed by atoms with Crippen LogP contribution in [-0.4, -0.2) is 27.9 Å². The normalized spacial score (nSPS) is 19.0. The summed E-state index contributed by atoms with van der Waals surface area (Å²) in [7, 11) is 0. The predicted molar refractivity (Wildman–Crippen MR) is 99.3 cm³/mol. The maximum absolute atomic E-state index is 12.2. The van der Waals surface area contributed by atoms with Crippen LogP contribution in [0.25, 0.3) is 0 Å². The van der Waals surface area contributed by atoms with Crippen molar-refractivity contribution >= 4 is 40.1 Å². The Morgan fingerprint density at radius 2 is 2.16 bits per heavy atom. The summed E-state index contributed by atoms with van der Waals surface area (Å²) < 4.78 is 0. The van der Waals surface area contributed by atoms with Gasteiger partial charge in [0.05, 0.1) is 11.3 Å². The maximum atomic E-state index is 12.2. The van der Waals surface area contributed by atoms with Crippen LogP contribution >= 0.6 is 11.8 Å². The zero-order valence-electron chi connectivity index (χ0n) is 14.2. The second kappa shape index (κ2) is 8.44. The van der Waals surface area contributed by atoms with Crippen molar-refractivity contribution in [3.63, 3.8) is 0 Å². The summed E-state index contributed by atoms with van der Waals surface area (Å²) in [4.78, 5) is 24.1.